The molecule has 0 aromatic carbocycles. The van der Waals surface area contributed by atoms with Crippen LogP contribution < -0.4 is 21.7 Å². The highest BCUT2D eigenvalue weighted by atomic mass is 16.2. The smallest absolute Gasteiger partial charge is 0.269 e. The molecule has 1 saturated heterocycles. The Kier molecular flexibility index (Phi) is 3.93. The minimum absolute atomic E-state index is 0.157. The van der Waals surface area contributed by atoms with Gasteiger partial charge >= 0.3 is 0 Å². The van der Waals surface area contributed by atoms with Crippen LogP contribution in [-0.2, 0) is 11.3 Å². The van der Waals surface area contributed by atoms with Gasteiger partial charge in [-0.05, 0) is 19.3 Å². The number of carbonyl (C=O) groups is 1. The fourth-order valence-corrected chi connectivity index (χ4v) is 2.05. The van der Waals surface area contributed by atoms with Gasteiger partial charge in [-0.3, -0.25) is 15.0 Å². The van der Waals surface area contributed by atoms with Crippen LogP contribution in [-0.4, -0.2) is 28.8 Å². The summed E-state index contributed by atoms with van der Waals surface area (Å²) in [6.07, 6.45) is 5.13. The first-order chi connectivity index (χ1) is 8.70. The van der Waals surface area contributed by atoms with Crippen molar-refractivity contribution in [2.75, 3.05) is 18.0 Å². The number of hydrazine groups is 1. The van der Waals surface area contributed by atoms with E-state index in [-0.39, 0.29) is 12.1 Å². The molecule has 2 heterocycles. The molecule has 18 heavy (non-hydrogen) atoms. The summed E-state index contributed by atoms with van der Waals surface area (Å²) < 4.78 is 1.09. The Morgan fingerprint density at radius 1 is 1.39 bits per heavy atom. The second kappa shape index (κ2) is 5.63. The van der Waals surface area contributed by atoms with E-state index in [1.54, 1.807) is 6.20 Å². The van der Waals surface area contributed by atoms with E-state index in [2.05, 4.69) is 10.00 Å². The van der Waals surface area contributed by atoms with Gasteiger partial charge in [-0.25, -0.2) is 10.5 Å². The van der Waals surface area contributed by atoms with Gasteiger partial charge in [0.15, 0.2) is 0 Å². The van der Waals surface area contributed by atoms with Crippen molar-refractivity contribution in [3.8, 4) is 0 Å². The van der Waals surface area contributed by atoms with Gasteiger partial charge in [0, 0.05) is 19.2 Å². The van der Waals surface area contributed by atoms with Crippen LogP contribution in [0.5, 0.6) is 0 Å². The topological polar surface area (TPSA) is 93.2 Å². The first-order valence-electron chi connectivity index (χ1n) is 6.02. The number of rotatable bonds is 3. The molecule has 3 N–H and O–H groups in total. The Bertz CT molecular complexity index is 479. The summed E-state index contributed by atoms with van der Waals surface area (Å²) in [5.74, 6) is 4.52. The van der Waals surface area contributed by atoms with Crippen LogP contribution in [0.4, 0.5) is 5.69 Å². The molecule has 0 aliphatic carbocycles. The summed E-state index contributed by atoms with van der Waals surface area (Å²) >= 11 is 0. The van der Waals surface area contributed by atoms with Crippen molar-refractivity contribution >= 4 is 11.6 Å². The standard InChI is InChI=1S/C11H17N5O2/c12-14-10(17)8-16-11(18)6-9(7-13-16)15-4-2-1-3-5-15/h6-7H,1-5,8,12H2,(H,14,17). The lowest BCUT2D eigenvalue weighted by Gasteiger charge is -2.28. The molecule has 1 fully saturated rings. The number of nitrogens with two attached hydrogens (primary N) is 1. The molecule has 0 radical (unpaired) electrons. The number of aromatic nitrogens is 2. The van der Waals surface area contributed by atoms with Crippen LogP contribution in [0.1, 0.15) is 19.3 Å². The third kappa shape index (κ3) is 2.86. The molecule has 0 atom stereocenters. The van der Waals surface area contributed by atoms with E-state index >= 15 is 0 Å². The van der Waals surface area contributed by atoms with Crippen molar-refractivity contribution in [1.82, 2.24) is 15.2 Å². The third-order valence-corrected chi connectivity index (χ3v) is 3.03. The number of hydrogen-bond acceptors (Lipinski definition) is 5. The molecule has 0 saturated carbocycles. The molecule has 1 aliphatic rings. The zero-order chi connectivity index (χ0) is 13.0. The minimum Gasteiger partial charge on any atom is -0.370 e. The normalized spacial score (nSPS) is 15.5. The number of nitrogens with zero attached hydrogens (tertiary/aromatic N) is 3. The second-order valence-corrected chi connectivity index (χ2v) is 4.32. The summed E-state index contributed by atoms with van der Waals surface area (Å²) in [6, 6.07) is 1.52. The predicted octanol–water partition coefficient (Wildman–Crippen LogP) is -0.776. The number of amides is 1. The fourth-order valence-electron chi connectivity index (χ4n) is 2.05. The molecule has 1 amide bonds. The van der Waals surface area contributed by atoms with Crippen molar-refractivity contribution in [3.05, 3.63) is 22.6 Å². The first kappa shape index (κ1) is 12.6. The lowest BCUT2D eigenvalue weighted by molar-refractivity contribution is -0.122. The van der Waals surface area contributed by atoms with Gasteiger partial charge in [-0.2, -0.15) is 5.10 Å². The highest BCUT2D eigenvalue weighted by molar-refractivity contribution is 5.74. The van der Waals surface area contributed by atoms with Crippen LogP contribution in [0.15, 0.2) is 17.1 Å². The number of piperidine rings is 1. The largest absolute Gasteiger partial charge is 0.370 e. The number of hydrogen-bond donors (Lipinski definition) is 2. The van der Waals surface area contributed by atoms with Crippen LogP contribution in [0.25, 0.3) is 0 Å². The quantitative estimate of drug-likeness (QED) is 0.418. The number of carbonyl (C=O) groups excluding carboxylic acids is 1. The van der Waals surface area contributed by atoms with Crippen molar-refractivity contribution in [3.63, 3.8) is 0 Å². The molecule has 0 spiro atoms. The Morgan fingerprint density at radius 2 is 2.11 bits per heavy atom. The van der Waals surface area contributed by atoms with Crippen LogP contribution in [0, 0.1) is 0 Å². The van der Waals surface area contributed by atoms with E-state index < -0.39 is 5.91 Å². The van der Waals surface area contributed by atoms with E-state index in [9.17, 15) is 9.59 Å². The molecule has 0 unspecified atom stereocenters. The maximum Gasteiger partial charge on any atom is 0.269 e. The molecule has 7 heteroatoms. The zero-order valence-electron chi connectivity index (χ0n) is 10.1. The van der Waals surface area contributed by atoms with Crippen LogP contribution >= 0.6 is 0 Å². The summed E-state index contributed by atoms with van der Waals surface area (Å²) in [6.45, 7) is 1.75. The maximum absolute atomic E-state index is 11.8. The van der Waals surface area contributed by atoms with Crippen molar-refractivity contribution in [1.29, 1.82) is 0 Å². The zero-order valence-corrected chi connectivity index (χ0v) is 10.1. The molecular formula is C11H17N5O2. The van der Waals surface area contributed by atoms with Crippen LogP contribution in [0.2, 0.25) is 0 Å². The van der Waals surface area contributed by atoms with Crippen molar-refractivity contribution in [2.45, 2.75) is 25.8 Å². The van der Waals surface area contributed by atoms with E-state index in [0.717, 1.165) is 36.3 Å². The van der Waals surface area contributed by atoms with Crippen molar-refractivity contribution in [2.24, 2.45) is 5.84 Å². The maximum atomic E-state index is 11.8. The minimum atomic E-state index is -0.449. The fraction of sp³-hybridized carbons (Fsp3) is 0.545. The molecule has 0 bridgehead atoms. The lowest BCUT2D eigenvalue weighted by atomic mass is 10.1. The summed E-state index contributed by atoms with van der Waals surface area (Å²) in [5.41, 5.74) is 2.50. The van der Waals surface area contributed by atoms with E-state index in [4.69, 9.17) is 5.84 Å². The summed E-state index contributed by atoms with van der Waals surface area (Å²) in [4.78, 5) is 25.0. The molecule has 98 valence electrons. The Morgan fingerprint density at radius 3 is 2.72 bits per heavy atom. The highest BCUT2D eigenvalue weighted by Gasteiger charge is 2.13. The number of anilines is 1. The van der Waals surface area contributed by atoms with Crippen molar-refractivity contribution < 1.29 is 4.79 Å². The van der Waals surface area contributed by atoms with Gasteiger partial charge in [0.05, 0.1) is 11.9 Å². The van der Waals surface area contributed by atoms with Crippen LogP contribution in [0.3, 0.4) is 0 Å². The molecule has 7 nitrogen and oxygen atoms in total. The van der Waals surface area contributed by atoms with Gasteiger partial charge in [0.2, 0.25) is 0 Å². The first-order valence-corrected chi connectivity index (χ1v) is 6.02. The average molecular weight is 251 g/mol. The molecule has 1 aromatic heterocycles. The van der Waals surface area contributed by atoms with Gasteiger partial charge in [-0.15, -0.1) is 0 Å². The summed E-state index contributed by atoms with van der Waals surface area (Å²) in [7, 11) is 0. The Hall–Kier alpha value is -1.89. The predicted molar refractivity (Wildman–Crippen MR) is 66.9 cm³/mol. The van der Waals surface area contributed by atoms with Gasteiger partial charge in [0.1, 0.15) is 6.54 Å². The van der Waals surface area contributed by atoms with E-state index in [0.29, 0.717) is 0 Å². The molecule has 1 aromatic rings. The van der Waals surface area contributed by atoms with Gasteiger partial charge in [-0.1, -0.05) is 0 Å². The lowest BCUT2D eigenvalue weighted by Crippen LogP contribution is -2.37. The highest BCUT2D eigenvalue weighted by Crippen LogP contribution is 2.16. The SMILES string of the molecule is NNC(=O)Cn1ncc(N2CCCCC2)cc1=O. The third-order valence-electron chi connectivity index (χ3n) is 3.03. The molecule has 1 aliphatic heterocycles. The molecular weight excluding hydrogens is 234 g/mol. The Balaban J connectivity index is 2.13. The molecule has 2 rings (SSSR count). The number of nitrogens with one attached hydrogen (secondary N) is 1. The van der Waals surface area contributed by atoms with E-state index in [1.165, 1.54) is 12.5 Å². The Labute approximate surface area is 105 Å². The second-order valence-electron chi connectivity index (χ2n) is 4.32. The van der Waals surface area contributed by atoms with Gasteiger partial charge < -0.3 is 4.90 Å². The average Bonchev–Trinajstić information content (AvgIpc) is 2.42. The van der Waals surface area contributed by atoms with Gasteiger partial charge in [0.25, 0.3) is 11.5 Å². The van der Waals surface area contributed by atoms with E-state index in [1.807, 2.05) is 5.43 Å². The monoisotopic (exact) mass is 251 g/mol. The summed E-state index contributed by atoms with van der Waals surface area (Å²) in [5, 5.41) is 3.99.